The highest BCUT2D eigenvalue weighted by atomic mass is 32.1. The molecule has 36 heavy (non-hydrogen) atoms. The molecule has 3 aromatic rings. The molecule has 0 saturated carbocycles. The minimum Gasteiger partial charge on any atom is -0.384 e. The molecule has 0 saturated heterocycles. The third-order valence-corrected chi connectivity index (χ3v) is 6.17. The Hall–Kier alpha value is -3.75. The fourth-order valence-corrected chi connectivity index (χ4v) is 4.42. The van der Waals surface area contributed by atoms with Crippen LogP contribution in [-0.4, -0.2) is 47.6 Å². The van der Waals surface area contributed by atoms with Crippen molar-refractivity contribution in [2.24, 2.45) is 5.92 Å². The zero-order chi connectivity index (χ0) is 26.4. The second-order valence-electron chi connectivity index (χ2n) is 8.74. The first-order valence-corrected chi connectivity index (χ1v) is 12.0. The van der Waals surface area contributed by atoms with Crippen molar-refractivity contribution in [1.29, 1.82) is 0 Å². The van der Waals surface area contributed by atoms with Crippen LogP contribution in [0.15, 0.2) is 42.3 Å². The lowest BCUT2D eigenvalue weighted by Gasteiger charge is -2.27. The lowest BCUT2D eigenvalue weighted by Crippen LogP contribution is -2.42. The number of aromatic nitrogens is 3. The van der Waals surface area contributed by atoms with Crippen molar-refractivity contribution in [3.05, 3.63) is 73.2 Å². The number of aliphatic hydroxyl groups excluding tert-OH is 1. The number of non-ortho nitro benzene ring substituents is 1. The van der Waals surface area contributed by atoms with Crippen molar-refractivity contribution < 1.29 is 19.7 Å². The summed E-state index contributed by atoms with van der Waals surface area (Å²) in [7, 11) is 0. The van der Waals surface area contributed by atoms with Gasteiger partial charge in [0, 0.05) is 42.3 Å². The van der Waals surface area contributed by atoms with Gasteiger partial charge in [0.15, 0.2) is 0 Å². The Balaban J connectivity index is 1.66. The van der Waals surface area contributed by atoms with Crippen LogP contribution in [0, 0.1) is 26.1 Å². The molecule has 1 amide bonds. The maximum absolute atomic E-state index is 12.6. The van der Waals surface area contributed by atoms with Crippen molar-refractivity contribution in [2.45, 2.75) is 51.8 Å². The third kappa shape index (κ3) is 6.90. The van der Waals surface area contributed by atoms with Gasteiger partial charge in [-0.3, -0.25) is 24.8 Å². The fourth-order valence-electron chi connectivity index (χ4n) is 3.74. The van der Waals surface area contributed by atoms with Gasteiger partial charge < -0.3 is 15.7 Å². The number of imidazole rings is 1. The Morgan fingerprint density at radius 1 is 1.19 bits per heavy atom. The van der Waals surface area contributed by atoms with Gasteiger partial charge in [-0.25, -0.2) is 14.8 Å². The number of hydrogen-bond donors (Lipinski definition) is 3. The molecule has 0 bridgehead atoms. The molecule has 2 heterocycles. The molecule has 3 atom stereocenters. The molecule has 14 heteroatoms. The highest BCUT2D eigenvalue weighted by molar-refractivity contribution is 7.09. The number of nitrogens with one attached hydrogen (secondary N) is 2. The van der Waals surface area contributed by atoms with Gasteiger partial charge >= 0.3 is 6.03 Å². The van der Waals surface area contributed by atoms with Crippen LogP contribution in [0.2, 0.25) is 0 Å². The van der Waals surface area contributed by atoms with Crippen molar-refractivity contribution in [2.75, 3.05) is 5.32 Å². The van der Waals surface area contributed by atoms with Gasteiger partial charge in [-0.15, -0.1) is 11.3 Å². The van der Waals surface area contributed by atoms with E-state index < -0.39 is 33.4 Å². The van der Waals surface area contributed by atoms with Crippen LogP contribution in [0.1, 0.15) is 44.0 Å². The standard InChI is InChI=1S/C22H27N7O6S/c1-13(2)8-18(20(30)21-23-6-7-36-21)25-14(3)9-15-11-27(12-24-15)22(31)26-17-5-4-16(28(32)33)10-19(17)29(34)35/h4-7,10-14,18,20,25,30H,8-9H2,1-3H3,(H,26,31)/t14?,18-,20+/m0/s1. The molecule has 3 N–H and O–H groups in total. The quantitative estimate of drug-likeness (QED) is 0.251. The van der Waals surface area contributed by atoms with Gasteiger partial charge in [0.05, 0.1) is 21.6 Å². The molecule has 1 unspecified atom stereocenters. The molecule has 13 nitrogen and oxygen atoms in total. The molecule has 0 radical (unpaired) electrons. The smallest absolute Gasteiger partial charge is 0.331 e. The summed E-state index contributed by atoms with van der Waals surface area (Å²) >= 11 is 1.39. The average molecular weight is 518 g/mol. The largest absolute Gasteiger partial charge is 0.384 e. The Bertz CT molecular complexity index is 1210. The van der Waals surface area contributed by atoms with Gasteiger partial charge in [-0.05, 0) is 25.3 Å². The summed E-state index contributed by atoms with van der Waals surface area (Å²) in [6.45, 7) is 6.09. The molecule has 192 valence electrons. The highest BCUT2D eigenvalue weighted by Crippen LogP contribution is 2.29. The first-order valence-electron chi connectivity index (χ1n) is 11.2. The summed E-state index contributed by atoms with van der Waals surface area (Å²) in [5.74, 6) is 0.343. The molecule has 3 rings (SSSR count). The number of aliphatic hydroxyl groups is 1. The molecule has 0 fully saturated rings. The lowest BCUT2D eigenvalue weighted by molar-refractivity contribution is -0.393. The highest BCUT2D eigenvalue weighted by Gasteiger charge is 2.26. The zero-order valence-corrected chi connectivity index (χ0v) is 20.7. The molecule has 1 aromatic carbocycles. The van der Waals surface area contributed by atoms with Crippen molar-refractivity contribution in [3.8, 4) is 0 Å². The number of hydrogen-bond acceptors (Lipinski definition) is 10. The molecule has 0 aliphatic rings. The predicted octanol–water partition coefficient (Wildman–Crippen LogP) is 3.91. The van der Waals surface area contributed by atoms with E-state index in [2.05, 4.69) is 34.4 Å². The van der Waals surface area contributed by atoms with Gasteiger partial charge in [-0.2, -0.15) is 0 Å². The van der Waals surface area contributed by atoms with Crippen LogP contribution >= 0.6 is 11.3 Å². The Morgan fingerprint density at radius 2 is 1.94 bits per heavy atom. The molecule has 0 spiro atoms. The predicted molar refractivity (Wildman–Crippen MR) is 133 cm³/mol. The fraction of sp³-hybridized carbons (Fsp3) is 0.409. The SMILES string of the molecule is CC(C)C[C@H](NC(C)Cc1cn(C(=O)Nc2ccc([N+](=O)[O-])cc2[N+](=O)[O-])cn1)[C@@H](O)c1nccs1. The summed E-state index contributed by atoms with van der Waals surface area (Å²) in [6.07, 6.45) is 4.87. The van der Waals surface area contributed by atoms with Crippen LogP contribution in [-0.2, 0) is 6.42 Å². The number of anilines is 1. The summed E-state index contributed by atoms with van der Waals surface area (Å²) in [5, 5.41) is 41.3. The van der Waals surface area contributed by atoms with E-state index >= 15 is 0 Å². The second-order valence-corrected chi connectivity index (χ2v) is 9.67. The number of carbonyl (C=O) groups is 1. The zero-order valence-electron chi connectivity index (χ0n) is 19.9. The van der Waals surface area contributed by atoms with Crippen LogP contribution in [0.3, 0.4) is 0 Å². The van der Waals surface area contributed by atoms with Crippen LogP contribution in [0.5, 0.6) is 0 Å². The molecular formula is C22H27N7O6S. The summed E-state index contributed by atoms with van der Waals surface area (Å²) < 4.78 is 1.14. The van der Waals surface area contributed by atoms with Crippen molar-refractivity contribution in [3.63, 3.8) is 0 Å². The van der Waals surface area contributed by atoms with Gasteiger partial charge in [0.1, 0.15) is 23.1 Å². The van der Waals surface area contributed by atoms with Crippen LogP contribution in [0.25, 0.3) is 0 Å². The first kappa shape index (κ1) is 26.8. The summed E-state index contributed by atoms with van der Waals surface area (Å²) in [5.41, 5.74) is -0.628. The van der Waals surface area contributed by atoms with E-state index in [1.165, 1.54) is 23.9 Å². The minimum atomic E-state index is -0.803. The van der Waals surface area contributed by atoms with Gasteiger partial charge in [-0.1, -0.05) is 13.8 Å². The van der Waals surface area contributed by atoms with E-state index in [9.17, 15) is 30.1 Å². The Morgan fingerprint density at radius 3 is 2.56 bits per heavy atom. The summed E-state index contributed by atoms with van der Waals surface area (Å²) in [6, 6.07) is 1.95. The number of nitrogens with zero attached hydrogens (tertiary/aromatic N) is 5. The molecule has 0 aliphatic carbocycles. The number of carbonyl (C=O) groups excluding carboxylic acids is 1. The van der Waals surface area contributed by atoms with E-state index in [1.807, 2.05) is 12.3 Å². The normalized spacial score (nSPS) is 13.8. The molecule has 0 aliphatic heterocycles. The molecular weight excluding hydrogens is 490 g/mol. The number of amides is 1. The second kappa shape index (κ2) is 11.8. The minimum absolute atomic E-state index is 0.0921. The monoisotopic (exact) mass is 517 g/mol. The summed E-state index contributed by atoms with van der Waals surface area (Å²) in [4.78, 5) is 41.7. The number of thiazole rings is 1. The van der Waals surface area contributed by atoms with Gasteiger partial charge in [0.25, 0.3) is 11.4 Å². The Kier molecular flexibility index (Phi) is 8.79. The molecule has 2 aromatic heterocycles. The first-order chi connectivity index (χ1) is 17.0. The van der Waals surface area contributed by atoms with E-state index in [1.54, 1.807) is 6.20 Å². The number of rotatable bonds is 11. The number of benzene rings is 1. The van der Waals surface area contributed by atoms with E-state index in [4.69, 9.17) is 0 Å². The average Bonchev–Trinajstić information content (AvgIpc) is 3.50. The Labute approximate surface area is 210 Å². The van der Waals surface area contributed by atoms with Crippen molar-refractivity contribution in [1.82, 2.24) is 19.9 Å². The maximum atomic E-state index is 12.6. The number of nitro groups is 2. The van der Waals surface area contributed by atoms with Crippen molar-refractivity contribution >= 4 is 34.4 Å². The number of nitro benzene ring substituents is 2. The van der Waals surface area contributed by atoms with Crippen LogP contribution < -0.4 is 10.6 Å². The lowest BCUT2D eigenvalue weighted by atomic mass is 9.98. The van der Waals surface area contributed by atoms with E-state index in [0.717, 1.165) is 29.2 Å². The van der Waals surface area contributed by atoms with Crippen LogP contribution in [0.4, 0.5) is 21.9 Å². The van der Waals surface area contributed by atoms with Gasteiger partial charge in [0.2, 0.25) is 0 Å². The third-order valence-electron chi connectivity index (χ3n) is 5.33. The maximum Gasteiger partial charge on any atom is 0.331 e. The van der Waals surface area contributed by atoms with E-state index in [0.29, 0.717) is 23.0 Å². The van der Waals surface area contributed by atoms with E-state index in [-0.39, 0.29) is 17.8 Å². The topological polar surface area (TPSA) is 178 Å².